The maximum absolute atomic E-state index is 11.7. The van der Waals surface area contributed by atoms with Gasteiger partial charge in [0.25, 0.3) is 5.69 Å². The molecule has 9 nitrogen and oxygen atoms in total. The summed E-state index contributed by atoms with van der Waals surface area (Å²) in [7, 11) is -8.30. The molecule has 0 amide bonds. The number of nitrogens with zero attached hydrogens (tertiary/aromatic N) is 3. The van der Waals surface area contributed by atoms with E-state index in [4.69, 9.17) is 0 Å². The number of fused-ring (bicyclic) bond motifs is 1. The van der Waals surface area contributed by atoms with Gasteiger partial charge < -0.3 is 0 Å². The minimum Gasteiger partial charge on any atom is -0.258 e. The highest BCUT2D eigenvalue weighted by Crippen LogP contribution is 2.34. The molecule has 0 saturated heterocycles. The Labute approximate surface area is 124 Å². The van der Waals surface area contributed by atoms with Crippen LogP contribution in [0.1, 0.15) is 0 Å². The molecule has 0 atom stereocenters. The fraction of sp³-hybridized carbons (Fsp3) is 0.222. The standard InChI is InChI=1S/C9H9N3O6S3/c1-20(15,16)12(21(2,17)18)9-7-5-6(11(13)14)3-4-8(7)19-10-9/h3-5H,1-2H3. The quantitative estimate of drug-likeness (QED) is 0.592. The molecular weight excluding hydrogens is 342 g/mol. The van der Waals surface area contributed by atoms with Gasteiger partial charge in [0.05, 0.1) is 22.1 Å². The molecule has 0 radical (unpaired) electrons. The molecule has 0 saturated carbocycles. The first-order chi connectivity index (χ1) is 9.51. The first kappa shape index (κ1) is 15.6. The number of rotatable bonds is 4. The number of benzene rings is 1. The maximum atomic E-state index is 11.7. The van der Waals surface area contributed by atoms with Gasteiger partial charge in [-0.3, -0.25) is 10.1 Å². The van der Waals surface area contributed by atoms with Gasteiger partial charge in [-0.05, 0) is 17.6 Å². The van der Waals surface area contributed by atoms with Crippen LogP contribution in [0.25, 0.3) is 10.1 Å². The van der Waals surface area contributed by atoms with E-state index in [9.17, 15) is 26.9 Å². The van der Waals surface area contributed by atoms with Gasteiger partial charge in [0.1, 0.15) is 0 Å². The number of non-ortho nitro benzene ring substituents is 1. The Morgan fingerprint density at radius 1 is 1.19 bits per heavy atom. The van der Waals surface area contributed by atoms with E-state index in [0.29, 0.717) is 4.70 Å². The Morgan fingerprint density at radius 2 is 1.76 bits per heavy atom. The van der Waals surface area contributed by atoms with E-state index in [1.54, 1.807) is 0 Å². The van der Waals surface area contributed by atoms with E-state index in [1.807, 2.05) is 0 Å². The number of aromatic nitrogens is 1. The summed E-state index contributed by atoms with van der Waals surface area (Å²) >= 11 is 0.852. The zero-order valence-electron chi connectivity index (χ0n) is 10.7. The van der Waals surface area contributed by atoms with Crippen LogP contribution in [0.4, 0.5) is 11.5 Å². The lowest BCUT2D eigenvalue weighted by molar-refractivity contribution is -0.384. The molecule has 0 bridgehead atoms. The molecule has 0 aliphatic rings. The average Bonchev–Trinajstić information content (AvgIpc) is 2.68. The second-order valence-electron chi connectivity index (χ2n) is 4.17. The van der Waals surface area contributed by atoms with Gasteiger partial charge in [-0.25, -0.2) is 16.8 Å². The molecule has 1 heterocycles. The third-order valence-corrected chi connectivity index (χ3v) is 6.41. The van der Waals surface area contributed by atoms with E-state index in [0.717, 1.165) is 30.1 Å². The fourth-order valence-corrected chi connectivity index (χ4v) is 5.44. The predicted molar refractivity (Wildman–Crippen MR) is 78.4 cm³/mol. The maximum Gasteiger partial charge on any atom is 0.270 e. The van der Waals surface area contributed by atoms with E-state index in [-0.39, 0.29) is 20.6 Å². The Kier molecular flexibility index (Phi) is 3.63. The molecule has 0 fully saturated rings. The number of hydrogen-bond acceptors (Lipinski definition) is 8. The summed E-state index contributed by atoms with van der Waals surface area (Å²) in [6.07, 6.45) is 1.44. The normalized spacial score (nSPS) is 12.5. The molecule has 21 heavy (non-hydrogen) atoms. The molecule has 12 heteroatoms. The molecule has 0 aliphatic carbocycles. The van der Waals surface area contributed by atoms with Crippen LogP contribution in [0.15, 0.2) is 18.2 Å². The van der Waals surface area contributed by atoms with Crippen molar-refractivity contribution in [1.29, 1.82) is 0 Å². The Hall–Kier alpha value is -1.79. The van der Waals surface area contributed by atoms with Crippen molar-refractivity contribution in [3.8, 4) is 0 Å². The highest BCUT2D eigenvalue weighted by Gasteiger charge is 2.31. The molecule has 0 unspecified atom stereocenters. The second kappa shape index (κ2) is 4.89. The largest absolute Gasteiger partial charge is 0.270 e. The van der Waals surface area contributed by atoms with Crippen molar-refractivity contribution in [2.75, 3.05) is 16.2 Å². The lowest BCUT2D eigenvalue weighted by Crippen LogP contribution is -2.35. The third kappa shape index (κ3) is 2.96. The molecular formula is C9H9N3O6S3. The lowest BCUT2D eigenvalue weighted by atomic mass is 10.2. The predicted octanol–water partition coefficient (Wildman–Crippen LogP) is 0.930. The minimum atomic E-state index is -4.15. The highest BCUT2D eigenvalue weighted by molar-refractivity contribution is 8.09. The third-order valence-electron chi connectivity index (χ3n) is 2.42. The van der Waals surface area contributed by atoms with E-state index >= 15 is 0 Å². The first-order valence-electron chi connectivity index (χ1n) is 5.26. The molecule has 0 N–H and O–H groups in total. The number of anilines is 1. The SMILES string of the molecule is CS(=O)(=O)N(c1nsc2ccc([N+](=O)[O-])cc12)S(C)(=O)=O. The number of hydrogen-bond donors (Lipinski definition) is 0. The summed E-state index contributed by atoms with van der Waals surface area (Å²) in [6.45, 7) is 0. The zero-order valence-corrected chi connectivity index (χ0v) is 13.2. The molecule has 1 aromatic carbocycles. The first-order valence-corrected chi connectivity index (χ1v) is 9.73. The number of sulfonamides is 2. The Morgan fingerprint density at radius 3 is 2.24 bits per heavy atom. The van der Waals surface area contributed by atoms with E-state index in [1.165, 1.54) is 12.1 Å². The summed E-state index contributed by atoms with van der Waals surface area (Å²) in [5.74, 6) is -0.358. The smallest absolute Gasteiger partial charge is 0.258 e. The van der Waals surface area contributed by atoms with Crippen molar-refractivity contribution < 1.29 is 21.8 Å². The molecule has 2 rings (SSSR count). The van der Waals surface area contributed by atoms with E-state index < -0.39 is 25.0 Å². The van der Waals surface area contributed by atoms with Crippen molar-refractivity contribution in [3.05, 3.63) is 28.3 Å². The molecule has 0 spiro atoms. The van der Waals surface area contributed by atoms with Crippen LogP contribution in [-0.4, -0.2) is 38.6 Å². The van der Waals surface area contributed by atoms with Crippen molar-refractivity contribution in [1.82, 2.24) is 4.37 Å². The lowest BCUT2D eigenvalue weighted by Gasteiger charge is -2.17. The van der Waals surface area contributed by atoms with Crippen LogP contribution in [0.2, 0.25) is 0 Å². The van der Waals surface area contributed by atoms with Crippen LogP contribution < -0.4 is 3.71 Å². The van der Waals surface area contributed by atoms with Gasteiger partial charge in [-0.15, -0.1) is 3.71 Å². The van der Waals surface area contributed by atoms with Crippen LogP contribution in [0.5, 0.6) is 0 Å². The van der Waals surface area contributed by atoms with Crippen LogP contribution in [0, 0.1) is 10.1 Å². The second-order valence-corrected chi connectivity index (χ2v) is 8.87. The summed E-state index contributed by atoms with van der Waals surface area (Å²) < 4.78 is 51.3. The van der Waals surface area contributed by atoms with Gasteiger partial charge >= 0.3 is 0 Å². The topological polar surface area (TPSA) is 128 Å². The van der Waals surface area contributed by atoms with Gasteiger partial charge in [-0.1, -0.05) is 0 Å². The van der Waals surface area contributed by atoms with Crippen molar-refractivity contribution in [2.45, 2.75) is 0 Å². The van der Waals surface area contributed by atoms with Crippen molar-refractivity contribution in [3.63, 3.8) is 0 Å². The molecule has 114 valence electrons. The molecule has 1 aromatic heterocycles. The summed E-state index contributed by atoms with van der Waals surface area (Å²) in [4.78, 5) is 10.1. The summed E-state index contributed by atoms with van der Waals surface area (Å²) in [5, 5.41) is 10.9. The van der Waals surface area contributed by atoms with Crippen molar-refractivity contribution in [2.24, 2.45) is 0 Å². The van der Waals surface area contributed by atoms with Gasteiger partial charge in [0, 0.05) is 17.5 Å². The van der Waals surface area contributed by atoms with Gasteiger partial charge in [-0.2, -0.15) is 4.37 Å². The number of nitro benzene ring substituents is 1. The molecule has 0 aliphatic heterocycles. The Balaban J connectivity index is 2.81. The monoisotopic (exact) mass is 351 g/mol. The minimum absolute atomic E-state index is 0.0880. The van der Waals surface area contributed by atoms with Crippen LogP contribution in [-0.2, 0) is 20.0 Å². The Bertz CT molecular complexity index is 899. The van der Waals surface area contributed by atoms with Crippen LogP contribution in [0.3, 0.4) is 0 Å². The fourth-order valence-electron chi connectivity index (χ4n) is 1.72. The highest BCUT2D eigenvalue weighted by atomic mass is 32.3. The van der Waals surface area contributed by atoms with Gasteiger partial charge in [0.15, 0.2) is 5.82 Å². The summed E-state index contributed by atoms with van der Waals surface area (Å²) in [6, 6.07) is 3.71. The number of nitro groups is 1. The zero-order chi connectivity index (χ0) is 16.0. The average molecular weight is 351 g/mol. The van der Waals surface area contributed by atoms with Crippen molar-refractivity contribution >= 4 is 53.2 Å². The van der Waals surface area contributed by atoms with Crippen LogP contribution >= 0.6 is 11.5 Å². The van der Waals surface area contributed by atoms with Gasteiger partial charge in [0.2, 0.25) is 20.0 Å². The summed E-state index contributed by atoms with van der Waals surface area (Å²) in [5.41, 5.74) is -0.286. The van der Waals surface area contributed by atoms with E-state index in [2.05, 4.69) is 4.37 Å². The molecule has 2 aromatic rings.